The number of nitro benzene ring substituents is 1. The molecule has 10 nitrogen and oxygen atoms in total. The SMILES string of the molecule is COC(=O)C1=C(C)NC(C)=C(C(=O)OCCN(C)C=O)C1c1cccc([N+](=O)[O-])c1. The number of hydrogen-bond acceptors (Lipinski definition) is 8. The van der Waals surface area contributed by atoms with Crippen molar-refractivity contribution >= 4 is 24.0 Å². The molecule has 1 amide bonds. The van der Waals surface area contributed by atoms with Crippen LogP contribution >= 0.6 is 0 Å². The highest BCUT2D eigenvalue weighted by Gasteiger charge is 2.38. The van der Waals surface area contributed by atoms with Crippen molar-refractivity contribution in [2.24, 2.45) is 0 Å². The molecule has 160 valence electrons. The number of amides is 1. The average Bonchev–Trinajstić information content (AvgIpc) is 2.72. The minimum atomic E-state index is -0.921. The highest BCUT2D eigenvalue weighted by molar-refractivity contribution is 5.99. The summed E-state index contributed by atoms with van der Waals surface area (Å²) in [5.74, 6) is -2.30. The molecule has 1 aliphatic heterocycles. The lowest BCUT2D eigenvalue weighted by atomic mass is 9.80. The van der Waals surface area contributed by atoms with Gasteiger partial charge >= 0.3 is 11.9 Å². The molecular weight excluding hydrogens is 394 g/mol. The van der Waals surface area contributed by atoms with Gasteiger partial charge in [-0.1, -0.05) is 12.1 Å². The minimum Gasteiger partial charge on any atom is -0.466 e. The number of rotatable bonds is 8. The van der Waals surface area contributed by atoms with E-state index in [1.807, 2.05) is 0 Å². The first-order valence-electron chi connectivity index (χ1n) is 9.05. The summed E-state index contributed by atoms with van der Waals surface area (Å²) < 4.78 is 10.2. The standard InChI is InChI=1S/C20H23N3O7/c1-12-16(19(25)29-4)18(14-6-5-7-15(10-14)23(27)28)17(13(2)21-12)20(26)30-9-8-22(3)11-24/h5-7,10-11,18,21H,8-9H2,1-4H3. The second-order valence-electron chi connectivity index (χ2n) is 6.70. The zero-order valence-electron chi connectivity index (χ0n) is 17.1. The summed E-state index contributed by atoms with van der Waals surface area (Å²) in [6, 6.07) is 5.72. The van der Waals surface area contributed by atoms with Crippen molar-refractivity contribution in [2.45, 2.75) is 19.8 Å². The molecular formula is C20H23N3O7. The van der Waals surface area contributed by atoms with Gasteiger partial charge in [-0.15, -0.1) is 0 Å². The maximum absolute atomic E-state index is 12.9. The van der Waals surface area contributed by atoms with Crippen molar-refractivity contribution in [1.82, 2.24) is 10.2 Å². The molecule has 1 heterocycles. The number of nitrogens with zero attached hydrogens (tertiary/aromatic N) is 2. The summed E-state index contributed by atoms with van der Waals surface area (Å²) in [6.45, 7) is 3.44. The number of hydrogen-bond donors (Lipinski definition) is 1. The van der Waals surface area contributed by atoms with Crippen LogP contribution in [0.4, 0.5) is 5.69 Å². The van der Waals surface area contributed by atoms with E-state index in [2.05, 4.69) is 5.32 Å². The van der Waals surface area contributed by atoms with Crippen molar-refractivity contribution < 1.29 is 28.8 Å². The van der Waals surface area contributed by atoms with Crippen molar-refractivity contribution in [2.75, 3.05) is 27.3 Å². The van der Waals surface area contributed by atoms with Gasteiger partial charge in [-0.3, -0.25) is 14.9 Å². The van der Waals surface area contributed by atoms with E-state index in [4.69, 9.17) is 9.47 Å². The third-order valence-corrected chi connectivity index (χ3v) is 4.66. The number of allylic oxidation sites excluding steroid dienone is 2. The van der Waals surface area contributed by atoms with Crippen LogP contribution in [0.5, 0.6) is 0 Å². The van der Waals surface area contributed by atoms with Gasteiger partial charge in [-0.2, -0.15) is 0 Å². The number of carbonyl (C=O) groups excluding carboxylic acids is 3. The Labute approximate surface area is 173 Å². The number of likely N-dealkylation sites (N-methyl/N-ethyl adjacent to an activating group) is 1. The molecule has 1 aromatic carbocycles. The maximum Gasteiger partial charge on any atom is 0.336 e. The first kappa shape index (κ1) is 22.6. The van der Waals surface area contributed by atoms with E-state index in [0.29, 0.717) is 23.4 Å². The van der Waals surface area contributed by atoms with Crippen molar-refractivity contribution in [3.05, 3.63) is 62.5 Å². The molecule has 0 radical (unpaired) electrons. The second kappa shape index (κ2) is 9.68. The molecule has 1 atom stereocenters. The van der Waals surface area contributed by atoms with Gasteiger partial charge in [0.2, 0.25) is 6.41 Å². The molecule has 0 fully saturated rings. The van der Waals surface area contributed by atoms with E-state index in [1.165, 1.54) is 30.2 Å². The Kier molecular flexibility index (Phi) is 7.29. The van der Waals surface area contributed by atoms with Gasteiger partial charge in [-0.05, 0) is 19.4 Å². The number of nitro groups is 1. The quantitative estimate of drug-likeness (QED) is 0.293. The Hall–Kier alpha value is -3.69. The van der Waals surface area contributed by atoms with Crippen molar-refractivity contribution in [3.63, 3.8) is 0 Å². The molecule has 0 saturated heterocycles. The lowest BCUT2D eigenvalue weighted by Gasteiger charge is -2.30. The lowest BCUT2D eigenvalue weighted by Crippen LogP contribution is -2.33. The average molecular weight is 417 g/mol. The third-order valence-electron chi connectivity index (χ3n) is 4.66. The van der Waals surface area contributed by atoms with E-state index in [0.717, 1.165) is 0 Å². The maximum atomic E-state index is 12.9. The summed E-state index contributed by atoms with van der Waals surface area (Å²) >= 11 is 0. The summed E-state index contributed by atoms with van der Waals surface area (Å²) in [7, 11) is 2.76. The van der Waals surface area contributed by atoms with E-state index in [-0.39, 0.29) is 30.0 Å². The van der Waals surface area contributed by atoms with Crippen molar-refractivity contribution in [1.29, 1.82) is 0 Å². The van der Waals surface area contributed by atoms with Gasteiger partial charge < -0.3 is 19.7 Å². The zero-order valence-corrected chi connectivity index (χ0v) is 17.1. The Morgan fingerprint density at radius 3 is 2.43 bits per heavy atom. The largest absolute Gasteiger partial charge is 0.466 e. The van der Waals surface area contributed by atoms with Crippen LogP contribution in [-0.4, -0.2) is 55.5 Å². The molecule has 1 aromatic rings. The van der Waals surface area contributed by atoms with Crippen LogP contribution in [0.2, 0.25) is 0 Å². The van der Waals surface area contributed by atoms with Gasteiger partial charge in [0.1, 0.15) is 6.61 Å². The fraction of sp³-hybridized carbons (Fsp3) is 0.350. The number of carbonyl (C=O) groups is 3. The highest BCUT2D eigenvalue weighted by Crippen LogP contribution is 2.40. The first-order valence-corrected chi connectivity index (χ1v) is 9.05. The molecule has 10 heteroatoms. The van der Waals surface area contributed by atoms with E-state index >= 15 is 0 Å². The van der Waals surface area contributed by atoms with Gasteiger partial charge in [0.05, 0.1) is 35.6 Å². The van der Waals surface area contributed by atoms with Crippen LogP contribution in [-0.2, 0) is 23.9 Å². The molecule has 1 aliphatic rings. The summed E-state index contributed by atoms with van der Waals surface area (Å²) in [5, 5.41) is 14.2. The summed E-state index contributed by atoms with van der Waals surface area (Å²) in [6.07, 6.45) is 0.605. The van der Waals surface area contributed by atoms with Crippen molar-refractivity contribution in [3.8, 4) is 0 Å². The molecule has 0 spiro atoms. The van der Waals surface area contributed by atoms with E-state index in [9.17, 15) is 24.5 Å². The van der Waals surface area contributed by atoms with Crippen LogP contribution in [0.15, 0.2) is 46.8 Å². The normalized spacial score (nSPS) is 15.9. The van der Waals surface area contributed by atoms with Crippen LogP contribution in [0, 0.1) is 10.1 Å². The highest BCUT2D eigenvalue weighted by atomic mass is 16.6. The number of methoxy groups -OCH3 is 1. The molecule has 2 rings (SSSR count). The number of esters is 2. The van der Waals surface area contributed by atoms with E-state index in [1.54, 1.807) is 27.0 Å². The molecule has 1 N–H and O–H groups in total. The number of nitrogens with one attached hydrogen (secondary N) is 1. The first-order chi connectivity index (χ1) is 14.2. The predicted octanol–water partition coefficient (Wildman–Crippen LogP) is 1.63. The van der Waals surface area contributed by atoms with Crippen LogP contribution in [0.3, 0.4) is 0 Å². The topological polar surface area (TPSA) is 128 Å². The Morgan fingerprint density at radius 2 is 1.87 bits per heavy atom. The fourth-order valence-corrected chi connectivity index (χ4v) is 3.21. The van der Waals surface area contributed by atoms with Crippen LogP contribution in [0.1, 0.15) is 25.3 Å². The Bertz CT molecular complexity index is 936. The third kappa shape index (κ3) is 4.83. The lowest BCUT2D eigenvalue weighted by molar-refractivity contribution is -0.384. The smallest absolute Gasteiger partial charge is 0.336 e. The molecule has 0 aromatic heterocycles. The summed E-state index contributed by atoms with van der Waals surface area (Å²) in [5.41, 5.74) is 1.40. The Balaban J connectivity index is 2.52. The van der Waals surface area contributed by atoms with E-state index < -0.39 is 22.8 Å². The monoisotopic (exact) mass is 417 g/mol. The number of dihydropyridines is 1. The molecule has 1 unspecified atom stereocenters. The van der Waals surface area contributed by atoms with Gasteiger partial charge in [0, 0.05) is 30.6 Å². The summed E-state index contributed by atoms with van der Waals surface area (Å²) in [4.78, 5) is 48.1. The Morgan fingerprint density at radius 1 is 1.23 bits per heavy atom. The number of benzene rings is 1. The number of non-ortho nitro benzene ring substituents is 1. The van der Waals surface area contributed by atoms with Gasteiger partial charge in [0.25, 0.3) is 5.69 Å². The van der Waals surface area contributed by atoms with Gasteiger partial charge in [-0.25, -0.2) is 9.59 Å². The van der Waals surface area contributed by atoms with Gasteiger partial charge in [0.15, 0.2) is 0 Å². The zero-order chi connectivity index (χ0) is 22.4. The fourth-order valence-electron chi connectivity index (χ4n) is 3.21. The molecule has 30 heavy (non-hydrogen) atoms. The molecule has 0 bridgehead atoms. The van der Waals surface area contributed by atoms with Crippen LogP contribution < -0.4 is 5.32 Å². The molecule has 0 saturated carbocycles. The molecule has 0 aliphatic carbocycles. The second-order valence-corrected chi connectivity index (χ2v) is 6.70. The number of ether oxygens (including phenoxy) is 2. The van der Waals surface area contributed by atoms with Crippen LogP contribution in [0.25, 0.3) is 0 Å². The minimum absolute atomic E-state index is 0.0528. The predicted molar refractivity (Wildman–Crippen MR) is 106 cm³/mol.